The molecule has 0 aromatic carbocycles. The van der Waals surface area contributed by atoms with E-state index in [0.717, 1.165) is 18.6 Å². The van der Waals surface area contributed by atoms with E-state index in [-0.39, 0.29) is 0 Å². The lowest BCUT2D eigenvalue weighted by Gasteiger charge is -2.05. The summed E-state index contributed by atoms with van der Waals surface area (Å²) in [6, 6.07) is 0. The van der Waals surface area contributed by atoms with Crippen LogP contribution in [-0.2, 0) is 12.6 Å². The van der Waals surface area contributed by atoms with E-state index in [0.29, 0.717) is 4.38 Å². The minimum Gasteiger partial charge on any atom is -0.752 e. The van der Waals surface area contributed by atoms with Crippen LogP contribution in [0.3, 0.4) is 0 Å². The van der Waals surface area contributed by atoms with E-state index < -0.39 is 0 Å². The molecule has 0 rings (SSSR count). The number of nitrogens with zero attached hydrogens (tertiary/aromatic N) is 2. The van der Waals surface area contributed by atoms with E-state index in [2.05, 4.69) is 11.9 Å². The van der Waals surface area contributed by atoms with Crippen molar-refractivity contribution < 1.29 is 0 Å². The predicted octanol–water partition coefficient (Wildman–Crippen LogP) is 1.90. The molecule has 0 saturated heterocycles. The maximum Gasteiger partial charge on any atom is 0.204 e. The third-order valence-electron chi connectivity index (χ3n) is 0.865. The maximum atomic E-state index is 8.08. The van der Waals surface area contributed by atoms with Crippen LogP contribution in [0.5, 0.6) is 0 Å². The summed E-state index contributed by atoms with van der Waals surface area (Å²) in [5.74, 6) is 0.973. The van der Waals surface area contributed by atoms with Gasteiger partial charge in [-0.05, 0) is 16.5 Å². The van der Waals surface area contributed by atoms with Gasteiger partial charge in [0.2, 0.25) is 6.19 Å². The second-order valence-corrected chi connectivity index (χ2v) is 3.41. The number of hydrogen-bond donors (Lipinski definition) is 0. The molecule has 0 aromatic heterocycles. The molecular weight excluding hydrogens is 164 g/mol. The van der Waals surface area contributed by atoms with E-state index in [4.69, 9.17) is 17.9 Å². The summed E-state index contributed by atoms with van der Waals surface area (Å²) in [5, 5.41) is 8.08. The zero-order valence-corrected chi connectivity index (χ0v) is 7.47. The number of unbranched alkanes of at least 4 members (excludes halogenated alkanes) is 1. The van der Waals surface area contributed by atoms with Crippen LogP contribution in [0.25, 0.3) is 0 Å². The van der Waals surface area contributed by atoms with Gasteiger partial charge in [-0.25, -0.2) is 0 Å². The van der Waals surface area contributed by atoms with Gasteiger partial charge in [-0.1, -0.05) is 13.3 Å². The standard InChI is InChI=1S/C6H10N2S2/c1-2-3-4-10-6(9)8-5-7/h2-4H2,1H3,(H,8,9)/p-1. The second-order valence-electron chi connectivity index (χ2n) is 1.68. The average molecular weight is 173 g/mol. The molecule has 0 radical (unpaired) electrons. The molecule has 0 amide bonds. The molecule has 0 aliphatic heterocycles. The summed E-state index contributed by atoms with van der Waals surface area (Å²) < 4.78 is 0.455. The van der Waals surface area contributed by atoms with Crippen LogP contribution in [-0.4, -0.2) is 10.1 Å². The first kappa shape index (κ1) is 9.73. The van der Waals surface area contributed by atoms with E-state index in [1.54, 1.807) is 6.19 Å². The molecule has 0 atom stereocenters. The fourth-order valence-electron chi connectivity index (χ4n) is 0.377. The lowest BCUT2D eigenvalue weighted by molar-refractivity contribution is 0.898. The molecule has 0 aliphatic rings. The van der Waals surface area contributed by atoms with Crippen molar-refractivity contribution in [1.29, 1.82) is 5.26 Å². The number of rotatable bonds is 3. The highest BCUT2D eigenvalue weighted by Crippen LogP contribution is 2.05. The van der Waals surface area contributed by atoms with Crippen molar-refractivity contribution >= 4 is 28.8 Å². The Bertz CT molecular complexity index is 148. The summed E-state index contributed by atoms with van der Waals surface area (Å²) in [7, 11) is 0. The fraction of sp³-hybridized carbons (Fsp3) is 0.667. The normalized spacial score (nSPS) is 11.0. The van der Waals surface area contributed by atoms with Crippen LogP contribution in [0.1, 0.15) is 19.8 Å². The first-order valence-corrected chi connectivity index (χ1v) is 4.47. The Labute approximate surface area is 71.1 Å². The van der Waals surface area contributed by atoms with Gasteiger partial charge >= 0.3 is 0 Å². The lowest BCUT2D eigenvalue weighted by atomic mass is 10.4. The smallest absolute Gasteiger partial charge is 0.204 e. The van der Waals surface area contributed by atoms with Gasteiger partial charge in [-0.2, -0.15) is 10.3 Å². The molecule has 0 fully saturated rings. The lowest BCUT2D eigenvalue weighted by Crippen LogP contribution is -1.86. The van der Waals surface area contributed by atoms with Crippen molar-refractivity contribution in [3.05, 3.63) is 0 Å². The molecular formula is C6H9N2S2-. The Balaban J connectivity index is 3.32. The van der Waals surface area contributed by atoms with E-state index in [9.17, 15) is 0 Å². The Hall–Kier alpha value is -0.270. The molecule has 0 aliphatic carbocycles. The van der Waals surface area contributed by atoms with Gasteiger partial charge in [0.05, 0.1) is 0 Å². The van der Waals surface area contributed by atoms with Gasteiger partial charge in [0.25, 0.3) is 0 Å². The summed E-state index contributed by atoms with van der Waals surface area (Å²) in [5.41, 5.74) is 0. The Morgan fingerprint density at radius 1 is 1.80 bits per heavy atom. The summed E-state index contributed by atoms with van der Waals surface area (Å²) in [6.45, 7) is 2.12. The number of aliphatic imine (C=N–C) groups is 1. The Morgan fingerprint density at radius 2 is 2.50 bits per heavy atom. The van der Waals surface area contributed by atoms with Crippen LogP contribution >= 0.6 is 11.8 Å². The van der Waals surface area contributed by atoms with Gasteiger partial charge in [0.15, 0.2) is 0 Å². The SMILES string of the molecule is CCCCSC([S-])=NC#N. The van der Waals surface area contributed by atoms with Crippen LogP contribution in [0.4, 0.5) is 0 Å². The van der Waals surface area contributed by atoms with Gasteiger partial charge in [0.1, 0.15) is 0 Å². The van der Waals surface area contributed by atoms with Crippen molar-refractivity contribution in [3.8, 4) is 6.19 Å². The minimum absolute atomic E-state index is 0.455. The van der Waals surface area contributed by atoms with Crippen molar-refractivity contribution in [2.45, 2.75) is 19.8 Å². The van der Waals surface area contributed by atoms with Crippen LogP contribution in [0.15, 0.2) is 4.99 Å². The quantitative estimate of drug-likeness (QED) is 0.215. The molecule has 2 nitrogen and oxygen atoms in total. The molecule has 0 saturated carbocycles. The topological polar surface area (TPSA) is 36.1 Å². The fourth-order valence-corrected chi connectivity index (χ4v) is 1.38. The van der Waals surface area contributed by atoms with Gasteiger partial charge in [-0.15, -0.1) is 11.8 Å². The highest BCUT2D eigenvalue weighted by Gasteiger charge is 1.83. The van der Waals surface area contributed by atoms with Crippen molar-refractivity contribution in [2.75, 3.05) is 5.75 Å². The highest BCUT2D eigenvalue weighted by atomic mass is 32.2. The summed E-state index contributed by atoms with van der Waals surface area (Å²) >= 11 is 6.21. The highest BCUT2D eigenvalue weighted by molar-refractivity contribution is 8.27. The van der Waals surface area contributed by atoms with Crippen molar-refractivity contribution in [2.24, 2.45) is 4.99 Å². The number of hydrogen-bond acceptors (Lipinski definition) is 4. The monoisotopic (exact) mass is 173 g/mol. The summed E-state index contributed by atoms with van der Waals surface area (Å²) in [6.07, 6.45) is 3.94. The van der Waals surface area contributed by atoms with Gasteiger partial charge < -0.3 is 12.6 Å². The van der Waals surface area contributed by atoms with Crippen molar-refractivity contribution in [1.82, 2.24) is 0 Å². The maximum absolute atomic E-state index is 8.08. The van der Waals surface area contributed by atoms with Crippen LogP contribution in [0, 0.1) is 11.5 Å². The van der Waals surface area contributed by atoms with E-state index in [1.807, 2.05) is 0 Å². The largest absolute Gasteiger partial charge is 0.752 e. The van der Waals surface area contributed by atoms with Gasteiger partial charge in [-0.3, -0.25) is 0 Å². The molecule has 0 bridgehead atoms. The molecule has 0 unspecified atom stereocenters. The second kappa shape index (κ2) is 6.84. The molecule has 0 heterocycles. The zero-order valence-electron chi connectivity index (χ0n) is 5.83. The first-order chi connectivity index (χ1) is 4.81. The van der Waals surface area contributed by atoms with Crippen molar-refractivity contribution in [3.63, 3.8) is 0 Å². The van der Waals surface area contributed by atoms with E-state index >= 15 is 0 Å². The molecule has 56 valence electrons. The van der Waals surface area contributed by atoms with Crippen LogP contribution < -0.4 is 0 Å². The Kier molecular flexibility index (Phi) is 6.66. The molecule has 0 aromatic rings. The van der Waals surface area contributed by atoms with Gasteiger partial charge in [0, 0.05) is 0 Å². The molecule has 4 heteroatoms. The predicted molar refractivity (Wildman–Crippen MR) is 47.8 cm³/mol. The number of nitriles is 1. The van der Waals surface area contributed by atoms with Crippen LogP contribution in [0.2, 0.25) is 0 Å². The third kappa shape index (κ3) is 5.86. The third-order valence-corrected chi connectivity index (χ3v) is 2.14. The van der Waals surface area contributed by atoms with E-state index in [1.165, 1.54) is 11.8 Å². The zero-order chi connectivity index (χ0) is 7.82. The first-order valence-electron chi connectivity index (χ1n) is 3.07. The Morgan fingerprint density at radius 3 is 3.00 bits per heavy atom. The molecule has 0 spiro atoms. The molecule has 10 heavy (non-hydrogen) atoms. The molecule has 0 N–H and O–H groups in total. The minimum atomic E-state index is 0.455. The average Bonchev–Trinajstić information content (AvgIpc) is 1.89. The summed E-state index contributed by atoms with van der Waals surface area (Å²) in [4.78, 5) is 3.40. The number of thioether (sulfide) groups is 1.